The average molecular weight is 254 g/mol. The van der Waals surface area contributed by atoms with Gasteiger partial charge < -0.3 is 9.47 Å². The summed E-state index contributed by atoms with van der Waals surface area (Å²) < 4.78 is 12.4. The molecule has 0 aromatic heterocycles. The first-order chi connectivity index (χ1) is 8.17. The van der Waals surface area contributed by atoms with E-state index in [1.807, 2.05) is 0 Å². The second-order valence-electron chi connectivity index (χ2n) is 7.16. The molecule has 1 aliphatic carbocycles. The summed E-state index contributed by atoms with van der Waals surface area (Å²) in [6.45, 7) is 12.7. The second-order valence-corrected chi connectivity index (χ2v) is 7.16. The first-order valence-electron chi connectivity index (χ1n) is 7.18. The van der Waals surface area contributed by atoms with E-state index in [1.54, 1.807) is 0 Å². The number of allylic oxidation sites excluding steroid dienone is 2. The van der Waals surface area contributed by atoms with Gasteiger partial charge in [-0.1, -0.05) is 12.2 Å². The van der Waals surface area contributed by atoms with Crippen LogP contribution in [0.1, 0.15) is 67.2 Å². The molecule has 0 aliphatic heterocycles. The van der Waals surface area contributed by atoms with E-state index in [1.165, 1.54) is 0 Å². The van der Waals surface area contributed by atoms with Crippen LogP contribution >= 0.6 is 0 Å². The van der Waals surface area contributed by atoms with Crippen LogP contribution in [0.2, 0.25) is 0 Å². The van der Waals surface area contributed by atoms with Crippen LogP contribution in [0.25, 0.3) is 0 Å². The minimum atomic E-state index is -0.104. The zero-order chi connectivity index (χ0) is 13.8. The molecule has 2 nitrogen and oxygen atoms in total. The van der Waals surface area contributed by atoms with Crippen molar-refractivity contribution in [2.75, 3.05) is 0 Å². The van der Waals surface area contributed by atoms with Gasteiger partial charge in [-0.2, -0.15) is 0 Å². The smallest absolute Gasteiger partial charge is 0.0847 e. The Balaban J connectivity index is 2.73. The first-order valence-corrected chi connectivity index (χ1v) is 7.18. The van der Waals surface area contributed by atoms with E-state index >= 15 is 0 Å². The van der Waals surface area contributed by atoms with Gasteiger partial charge >= 0.3 is 0 Å². The van der Waals surface area contributed by atoms with Gasteiger partial charge in [0.1, 0.15) is 0 Å². The molecule has 18 heavy (non-hydrogen) atoms. The highest BCUT2D eigenvalue weighted by Crippen LogP contribution is 2.27. The molecular weight excluding hydrogens is 224 g/mol. The fourth-order valence-corrected chi connectivity index (χ4v) is 2.31. The highest BCUT2D eigenvalue weighted by atomic mass is 16.6. The molecule has 0 spiro atoms. The standard InChI is InChI=1S/C16H30O2/c1-15(2,3)17-13-11-9-7-8-10-12-14(13)18-16(4,5)6/h7-8,13-14H,9-12H2,1-6H3. The molecule has 1 aliphatic rings. The summed E-state index contributed by atoms with van der Waals surface area (Å²) in [6.07, 6.45) is 9.22. The topological polar surface area (TPSA) is 18.5 Å². The van der Waals surface area contributed by atoms with Gasteiger partial charge in [0.05, 0.1) is 23.4 Å². The van der Waals surface area contributed by atoms with Crippen molar-refractivity contribution >= 4 is 0 Å². The SMILES string of the molecule is CC(C)(C)OC1CCC=CCCC1OC(C)(C)C. The summed E-state index contributed by atoms with van der Waals surface area (Å²) in [5.74, 6) is 0. The monoisotopic (exact) mass is 254 g/mol. The maximum Gasteiger partial charge on any atom is 0.0847 e. The van der Waals surface area contributed by atoms with Crippen molar-refractivity contribution < 1.29 is 9.47 Å². The molecule has 0 fully saturated rings. The van der Waals surface area contributed by atoms with Crippen LogP contribution in [-0.2, 0) is 9.47 Å². The van der Waals surface area contributed by atoms with Crippen molar-refractivity contribution in [2.24, 2.45) is 0 Å². The van der Waals surface area contributed by atoms with Crippen LogP contribution in [-0.4, -0.2) is 23.4 Å². The molecule has 0 N–H and O–H groups in total. The fourth-order valence-electron chi connectivity index (χ4n) is 2.31. The van der Waals surface area contributed by atoms with E-state index < -0.39 is 0 Å². The molecule has 0 aromatic rings. The minimum Gasteiger partial charge on any atom is -0.370 e. The maximum atomic E-state index is 6.21. The molecule has 106 valence electrons. The Morgan fingerprint density at radius 3 is 1.33 bits per heavy atom. The Labute approximate surface area is 113 Å². The van der Waals surface area contributed by atoms with Gasteiger partial charge in [-0.15, -0.1) is 0 Å². The van der Waals surface area contributed by atoms with Gasteiger partial charge in [0.2, 0.25) is 0 Å². The summed E-state index contributed by atoms with van der Waals surface area (Å²) in [5.41, 5.74) is -0.208. The predicted octanol–water partition coefficient (Wildman–Crippen LogP) is 4.48. The van der Waals surface area contributed by atoms with Gasteiger partial charge in [-0.25, -0.2) is 0 Å². The molecule has 2 atom stereocenters. The summed E-state index contributed by atoms with van der Waals surface area (Å²) in [7, 11) is 0. The lowest BCUT2D eigenvalue weighted by molar-refractivity contribution is -0.166. The van der Waals surface area contributed by atoms with Crippen LogP contribution < -0.4 is 0 Å². The molecule has 0 heterocycles. The largest absolute Gasteiger partial charge is 0.370 e. The molecule has 0 aromatic carbocycles. The number of ether oxygens (including phenoxy) is 2. The quantitative estimate of drug-likeness (QED) is 0.676. The van der Waals surface area contributed by atoms with Gasteiger partial charge in [0.25, 0.3) is 0 Å². The highest BCUT2D eigenvalue weighted by Gasteiger charge is 2.30. The highest BCUT2D eigenvalue weighted by molar-refractivity contribution is 4.90. The van der Waals surface area contributed by atoms with Crippen LogP contribution in [0.4, 0.5) is 0 Å². The number of rotatable bonds is 2. The lowest BCUT2D eigenvalue weighted by atomic mass is 9.98. The van der Waals surface area contributed by atoms with Crippen molar-refractivity contribution in [1.82, 2.24) is 0 Å². The van der Waals surface area contributed by atoms with Crippen molar-refractivity contribution in [2.45, 2.75) is 90.6 Å². The molecule has 0 saturated heterocycles. The van der Waals surface area contributed by atoms with Gasteiger partial charge in [0, 0.05) is 0 Å². The average Bonchev–Trinajstić information content (AvgIpc) is 2.12. The normalized spacial score (nSPS) is 26.8. The Morgan fingerprint density at radius 1 is 0.722 bits per heavy atom. The Hall–Kier alpha value is -0.340. The molecule has 2 heteroatoms. The fraction of sp³-hybridized carbons (Fsp3) is 0.875. The van der Waals surface area contributed by atoms with Gasteiger partial charge in [0.15, 0.2) is 0 Å². The van der Waals surface area contributed by atoms with Gasteiger partial charge in [-0.3, -0.25) is 0 Å². The van der Waals surface area contributed by atoms with Crippen molar-refractivity contribution in [3.05, 3.63) is 12.2 Å². The van der Waals surface area contributed by atoms with Crippen LogP contribution in [0.5, 0.6) is 0 Å². The molecule has 0 amide bonds. The lowest BCUT2D eigenvalue weighted by Gasteiger charge is -2.37. The lowest BCUT2D eigenvalue weighted by Crippen LogP contribution is -2.41. The van der Waals surface area contributed by atoms with E-state index in [9.17, 15) is 0 Å². The summed E-state index contributed by atoms with van der Waals surface area (Å²) >= 11 is 0. The molecule has 0 bridgehead atoms. The molecule has 0 saturated carbocycles. The van der Waals surface area contributed by atoms with E-state index in [0.717, 1.165) is 25.7 Å². The van der Waals surface area contributed by atoms with Crippen LogP contribution in [0, 0.1) is 0 Å². The number of hydrogen-bond acceptors (Lipinski definition) is 2. The van der Waals surface area contributed by atoms with Gasteiger partial charge in [-0.05, 0) is 67.2 Å². The third kappa shape index (κ3) is 6.55. The van der Waals surface area contributed by atoms with Crippen molar-refractivity contribution in [3.8, 4) is 0 Å². The maximum absolute atomic E-state index is 6.21. The third-order valence-corrected chi connectivity index (χ3v) is 2.83. The van der Waals surface area contributed by atoms with E-state index in [0.29, 0.717) is 0 Å². The minimum absolute atomic E-state index is 0.104. The van der Waals surface area contributed by atoms with E-state index in [4.69, 9.17) is 9.47 Å². The third-order valence-electron chi connectivity index (χ3n) is 2.83. The Kier molecular flexibility index (Phi) is 5.42. The van der Waals surface area contributed by atoms with Crippen molar-refractivity contribution in [1.29, 1.82) is 0 Å². The predicted molar refractivity (Wildman–Crippen MR) is 76.9 cm³/mol. The molecule has 1 rings (SSSR count). The second kappa shape index (κ2) is 6.21. The summed E-state index contributed by atoms with van der Waals surface area (Å²) in [6, 6.07) is 0. The summed E-state index contributed by atoms with van der Waals surface area (Å²) in [4.78, 5) is 0. The van der Waals surface area contributed by atoms with Crippen molar-refractivity contribution in [3.63, 3.8) is 0 Å². The zero-order valence-electron chi connectivity index (χ0n) is 13.0. The number of hydrogen-bond donors (Lipinski definition) is 0. The van der Waals surface area contributed by atoms with Crippen LogP contribution in [0.15, 0.2) is 12.2 Å². The summed E-state index contributed by atoms with van der Waals surface area (Å²) in [5, 5.41) is 0. The van der Waals surface area contributed by atoms with E-state index in [-0.39, 0.29) is 23.4 Å². The van der Waals surface area contributed by atoms with Crippen LogP contribution in [0.3, 0.4) is 0 Å². The molecule has 2 unspecified atom stereocenters. The molecule has 0 radical (unpaired) electrons. The Morgan fingerprint density at radius 2 is 1.06 bits per heavy atom. The zero-order valence-corrected chi connectivity index (χ0v) is 13.0. The first kappa shape index (κ1) is 15.7. The Bertz CT molecular complexity index is 240. The molecular formula is C16H30O2. The van der Waals surface area contributed by atoms with E-state index in [2.05, 4.69) is 53.7 Å².